The lowest BCUT2D eigenvalue weighted by Crippen LogP contribution is -2.37. The van der Waals surface area contributed by atoms with Crippen molar-refractivity contribution in [1.29, 1.82) is 0 Å². The van der Waals surface area contributed by atoms with Gasteiger partial charge in [0.1, 0.15) is 0 Å². The van der Waals surface area contributed by atoms with Crippen LogP contribution in [0.3, 0.4) is 0 Å². The number of amides is 1. The third-order valence-corrected chi connectivity index (χ3v) is 2.98. The van der Waals surface area contributed by atoms with Crippen LogP contribution in [0.2, 0.25) is 0 Å². The van der Waals surface area contributed by atoms with Crippen LogP contribution in [0.15, 0.2) is 12.1 Å². The molecule has 0 bridgehead atoms. The number of carbonyl (C=O) groups excluding carboxylic acids is 1. The number of hydrogen-bond donors (Lipinski definition) is 2. The van der Waals surface area contributed by atoms with E-state index in [-0.39, 0.29) is 28.8 Å². The van der Waals surface area contributed by atoms with Crippen molar-refractivity contribution in [2.24, 2.45) is 0 Å². The van der Waals surface area contributed by atoms with Gasteiger partial charge in [-0.3, -0.25) is 14.9 Å². The highest BCUT2D eigenvalue weighted by atomic mass is 16.6. The zero-order chi connectivity index (χ0) is 16.0. The van der Waals surface area contributed by atoms with Crippen molar-refractivity contribution in [3.63, 3.8) is 0 Å². The lowest BCUT2D eigenvalue weighted by atomic mass is 10.1. The van der Waals surface area contributed by atoms with Gasteiger partial charge in [0, 0.05) is 18.7 Å². The molecular weight excluding hydrogens is 278 g/mol. The highest BCUT2D eigenvalue weighted by molar-refractivity contribution is 5.96. The van der Waals surface area contributed by atoms with Crippen LogP contribution in [0.25, 0.3) is 0 Å². The van der Waals surface area contributed by atoms with E-state index >= 15 is 0 Å². The maximum atomic E-state index is 12.0. The Morgan fingerprint density at radius 1 is 1.38 bits per heavy atom. The van der Waals surface area contributed by atoms with Gasteiger partial charge in [0.2, 0.25) is 5.75 Å². The Bertz CT molecular complexity index is 533. The van der Waals surface area contributed by atoms with Gasteiger partial charge in [-0.1, -0.05) is 0 Å². The summed E-state index contributed by atoms with van der Waals surface area (Å²) in [6, 6.07) is 2.66. The Kier molecular flexibility index (Phi) is 5.92. The minimum atomic E-state index is -0.617. The molecule has 1 atom stereocenters. The highest BCUT2D eigenvalue weighted by Crippen LogP contribution is 2.37. The first-order valence-corrected chi connectivity index (χ1v) is 6.30. The van der Waals surface area contributed by atoms with E-state index in [1.807, 2.05) is 6.92 Å². The Morgan fingerprint density at radius 3 is 2.52 bits per heavy atom. The molecule has 116 valence electrons. The lowest BCUT2D eigenvalue weighted by Gasteiger charge is -2.13. The molecule has 0 radical (unpaired) electrons. The van der Waals surface area contributed by atoms with Crippen LogP contribution in [0, 0.1) is 10.1 Å². The summed E-state index contributed by atoms with van der Waals surface area (Å²) in [5, 5.41) is 16.7. The summed E-state index contributed by atoms with van der Waals surface area (Å²) in [6.07, 6.45) is 0. The summed E-state index contributed by atoms with van der Waals surface area (Å²) in [5.41, 5.74) is -0.175. The second kappa shape index (κ2) is 7.44. The largest absolute Gasteiger partial charge is 0.493 e. The number of rotatable bonds is 7. The molecule has 1 aromatic carbocycles. The van der Waals surface area contributed by atoms with Crippen molar-refractivity contribution >= 4 is 11.6 Å². The molecule has 0 aliphatic rings. The number of ether oxygens (including phenoxy) is 2. The molecule has 1 amide bonds. The number of methoxy groups -OCH3 is 2. The standard InChI is InChI=1S/C13H19N3O5/c1-8(14-2)7-15-13(17)9-5-10(16(18)19)12(21-4)11(6-9)20-3/h5-6,8,14H,7H2,1-4H3,(H,15,17). The van der Waals surface area contributed by atoms with Crippen molar-refractivity contribution < 1.29 is 19.2 Å². The number of likely N-dealkylation sites (N-methyl/N-ethyl adjacent to an activating group) is 1. The third kappa shape index (κ3) is 4.06. The topological polar surface area (TPSA) is 103 Å². The smallest absolute Gasteiger partial charge is 0.315 e. The monoisotopic (exact) mass is 297 g/mol. The minimum absolute atomic E-state index is 0.0114. The molecule has 0 fully saturated rings. The van der Waals surface area contributed by atoms with Gasteiger partial charge in [-0.25, -0.2) is 0 Å². The molecule has 0 aromatic heterocycles. The van der Waals surface area contributed by atoms with E-state index in [1.54, 1.807) is 7.05 Å². The molecule has 8 heteroatoms. The van der Waals surface area contributed by atoms with Crippen molar-refractivity contribution in [2.45, 2.75) is 13.0 Å². The fourth-order valence-electron chi connectivity index (χ4n) is 1.66. The Labute approximate surface area is 122 Å². The van der Waals surface area contributed by atoms with E-state index in [2.05, 4.69) is 10.6 Å². The Morgan fingerprint density at radius 2 is 2.05 bits per heavy atom. The molecule has 8 nitrogen and oxygen atoms in total. The molecular formula is C13H19N3O5. The van der Waals surface area contributed by atoms with Crippen LogP contribution >= 0.6 is 0 Å². The van der Waals surface area contributed by atoms with Crippen molar-refractivity contribution in [1.82, 2.24) is 10.6 Å². The molecule has 1 rings (SSSR count). The SMILES string of the molecule is CNC(C)CNC(=O)c1cc(OC)c(OC)c([N+](=O)[O-])c1. The van der Waals surface area contributed by atoms with Crippen LogP contribution in [0.1, 0.15) is 17.3 Å². The molecule has 0 spiro atoms. The first-order chi connectivity index (χ1) is 9.94. The summed E-state index contributed by atoms with van der Waals surface area (Å²) in [4.78, 5) is 22.5. The van der Waals surface area contributed by atoms with Gasteiger partial charge in [-0.05, 0) is 20.0 Å². The van der Waals surface area contributed by atoms with Gasteiger partial charge in [0.05, 0.1) is 24.7 Å². The van der Waals surface area contributed by atoms with Crippen molar-refractivity contribution in [3.8, 4) is 11.5 Å². The summed E-state index contributed by atoms with van der Waals surface area (Å²) in [6.45, 7) is 2.30. The Balaban J connectivity index is 3.10. The first kappa shape index (κ1) is 16.7. The first-order valence-electron chi connectivity index (χ1n) is 6.30. The van der Waals surface area contributed by atoms with Gasteiger partial charge >= 0.3 is 5.69 Å². The minimum Gasteiger partial charge on any atom is -0.493 e. The number of nitro groups is 1. The molecule has 0 aliphatic heterocycles. The van der Waals surface area contributed by atoms with Crippen LogP contribution in [-0.4, -0.2) is 44.7 Å². The molecule has 0 saturated carbocycles. The summed E-state index contributed by atoms with van der Waals surface area (Å²) >= 11 is 0. The maximum absolute atomic E-state index is 12.0. The van der Waals surface area contributed by atoms with E-state index < -0.39 is 10.8 Å². The summed E-state index contributed by atoms with van der Waals surface area (Å²) < 4.78 is 10.0. The summed E-state index contributed by atoms with van der Waals surface area (Å²) in [7, 11) is 4.43. The predicted octanol–water partition coefficient (Wildman–Crippen LogP) is 0.950. The van der Waals surface area contributed by atoms with Crippen LogP contribution in [0.5, 0.6) is 11.5 Å². The van der Waals surface area contributed by atoms with Crippen molar-refractivity contribution in [2.75, 3.05) is 27.8 Å². The number of nitrogens with one attached hydrogen (secondary N) is 2. The van der Waals surface area contributed by atoms with E-state index in [9.17, 15) is 14.9 Å². The van der Waals surface area contributed by atoms with E-state index in [1.165, 1.54) is 26.4 Å². The fraction of sp³-hybridized carbons (Fsp3) is 0.462. The Hall–Kier alpha value is -2.35. The highest BCUT2D eigenvalue weighted by Gasteiger charge is 2.23. The van der Waals surface area contributed by atoms with E-state index in [0.29, 0.717) is 6.54 Å². The van der Waals surface area contributed by atoms with E-state index in [4.69, 9.17) is 9.47 Å². The quantitative estimate of drug-likeness (QED) is 0.574. The summed E-state index contributed by atoms with van der Waals surface area (Å²) in [5.74, 6) is -0.290. The number of nitro benzene ring substituents is 1. The number of nitrogens with zero attached hydrogens (tertiary/aromatic N) is 1. The molecule has 0 saturated heterocycles. The lowest BCUT2D eigenvalue weighted by molar-refractivity contribution is -0.385. The number of benzene rings is 1. The molecule has 0 heterocycles. The van der Waals surface area contributed by atoms with Gasteiger partial charge in [-0.2, -0.15) is 0 Å². The van der Waals surface area contributed by atoms with E-state index in [0.717, 1.165) is 0 Å². The van der Waals surface area contributed by atoms with Crippen LogP contribution in [-0.2, 0) is 0 Å². The zero-order valence-electron chi connectivity index (χ0n) is 12.4. The molecule has 2 N–H and O–H groups in total. The van der Waals surface area contributed by atoms with Crippen molar-refractivity contribution in [3.05, 3.63) is 27.8 Å². The van der Waals surface area contributed by atoms with Gasteiger partial charge in [0.25, 0.3) is 5.91 Å². The molecule has 1 unspecified atom stereocenters. The number of carbonyl (C=O) groups is 1. The average Bonchev–Trinajstić information content (AvgIpc) is 2.50. The molecule has 0 aliphatic carbocycles. The third-order valence-electron chi connectivity index (χ3n) is 2.98. The zero-order valence-corrected chi connectivity index (χ0v) is 12.4. The molecule has 1 aromatic rings. The molecule has 21 heavy (non-hydrogen) atoms. The maximum Gasteiger partial charge on any atom is 0.315 e. The predicted molar refractivity (Wildman–Crippen MR) is 77.1 cm³/mol. The average molecular weight is 297 g/mol. The fourth-order valence-corrected chi connectivity index (χ4v) is 1.66. The van der Waals surface area contributed by atoms with Gasteiger partial charge < -0.3 is 20.1 Å². The van der Waals surface area contributed by atoms with Gasteiger partial charge in [0.15, 0.2) is 5.75 Å². The van der Waals surface area contributed by atoms with Crippen LogP contribution in [0.4, 0.5) is 5.69 Å². The number of hydrogen-bond acceptors (Lipinski definition) is 6. The second-order valence-electron chi connectivity index (χ2n) is 4.39. The second-order valence-corrected chi connectivity index (χ2v) is 4.39. The van der Waals surface area contributed by atoms with Crippen LogP contribution < -0.4 is 20.1 Å². The van der Waals surface area contributed by atoms with Gasteiger partial charge in [-0.15, -0.1) is 0 Å². The normalized spacial score (nSPS) is 11.6.